The molecule has 1 aliphatic rings. The largest absolute Gasteiger partial charge is 0.506 e. The van der Waals surface area contributed by atoms with Gasteiger partial charge in [-0.15, -0.1) is 0 Å². The van der Waals surface area contributed by atoms with E-state index in [0.717, 1.165) is 44.4 Å². The second-order valence-corrected chi connectivity index (χ2v) is 8.09. The van der Waals surface area contributed by atoms with Crippen molar-refractivity contribution in [3.63, 3.8) is 0 Å². The standard InChI is InChI=1S/C16H26N4O3S/c1-3-17-16(18-8-13-24(2,22)23)20-11-9-19(10-12-20)14-6-4-5-7-15(14)21/h4-7,21H,3,8-13H2,1-2H3,(H,17,18). The Morgan fingerprint density at radius 1 is 1.25 bits per heavy atom. The highest BCUT2D eigenvalue weighted by atomic mass is 32.2. The lowest BCUT2D eigenvalue weighted by Gasteiger charge is -2.37. The molecular weight excluding hydrogens is 328 g/mol. The number of sulfone groups is 1. The van der Waals surface area contributed by atoms with Crippen LogP contribution in [0.3, 0.4) is 0 Å². The van der Waals surface area contributed by atoms with Crippen LogP contribution in [0.5, 0.6) is 5.75 Å². The van der Waals surface area contributed by atoms with Crippen LogP contribution in [0.15, 0.2) is 29.3 Å². The zero-order valence-electron chi connectivity index (χ0n) is 14.3. The highest BCUT2D eigenvalue weighted by Crippen LogP contribution is 2.27. The third-order valence-corrected chi connectivity index (χ3v) is 4.78. The van der Waals surface area contributed by atoms with E-state index in [1.54, 1.807) is 6.07 Å². The van der Waals surface area contributed by atoms with Crippen molar-refractivity contribution in [1.82, 2.24) is 10.2 Å². The van der Waals surface area contributed by atoms with Crippen LogP contribution in [0, 0.1) is 0 Å². The molecule has 1 aliphatic heterocycles. The van der Waals surface area contributed by atoms with Crippen LogP contribution >= 0.6 is 0 Å². The number of aliphatic imine (C=N–C) groups is 1. The number of aromatic hydroxyl groups is 1. The van der Waals surface area contributed by atoms with Gasteiger partial charge in [-0.2, -0.15) is 0 Å². The molecule has 0 amide bonds. The summed E-state index contributed by atoms with van der Waals surface area (Å²) >= 11 is 0. The average Bonchev–Trinajstić information content (AvgIpc) is 2.54. The molecule has 8 heteroatoms. The van der Waals surface area contributed by atoms with Gasteiger partial charge in [-0.05, 0) is 19.1 Å². The smallest absolute Gasteiger partial charge is 0.194 e. The average molecular weight is 354 g/mol. The maximum absolute atomic E-state index is 11.2. The van der Waals surface area contributed by atoms with Gasteiger partial charge in [0.05, 0.1) is 18.0 Å². The number of nitrogens with one attached hydrogen (secondary N) is 1. The van der Waals surface area contributed by atoms with Crippen molar-refractivity contribution >= 4 is 21.5 Å². The molecule has 1 saturated heterocycles. The Labute approximate surface area is 143 Å². The fraction of sp³-hybridized carbons (Fsp3) is 0.562. The van der Waals surface area contributed by atoms with Crippen LogP contribution < -0.4 is 10.2 Å². The quantitative estimate of drug-likeness (QED) is 0.592. The fourth-order valence-corrected chi connectivity index (χ4v) is 3.06. The Morgan fingerprint density at radius 2 is 1.92 bits per heavy atom. The van der Waals surface area contributed by atoms with E-state index in [9.17, 15) is 13.5 Å². The lowest BCUT2D eigenvalue weighted by molar-refractivity contribution is 0.370. The second kappa shape index (κ2) is 8.23. The number of anilines is 1. The summed E-state index contributed by atoms with van der Waals surface area (Å²) in [5.74, 6) is 1.09. The number of para-hydroxylation sites is 2. The molecule has 7 nitrogen and oxygen atoms in total. The van der Waals surface area contributed by atoms with Crippen molar-refractivity contribution in [2.45, 2.75) is 6.92 Å². The third-order valence-electron chi connectivity index (χ3n) is 3.86. The van der Waals surface area contributed by atoms with Gasteiger partial charge in [0, 0.05) is 39.0 Å². The van der Waals surface area contributed by atoms with E-state index >= 15 is 0 Å². The van der Waals surface area contributed by atoms with Crippen LogP contribution in [0.4, 0.5) is 5.69 Å². The molecule has 0 spiro atoms. The van der Waals surface area contributed by atoms with E-state index in [-0.39, 0.29) is 12.3 Å². The molecule has 2 N–H and O–H groups in total. The van der Waals surface area contributed by atoms with Crippen molar-refractivity contribution < 1.29 is 13.5 Å². The monoisotopic (exact) mass is 354 g/mol. The molecule has 24 heavy (non-hydrogen) atoms. The zero-order valence-corrected chi connectivity index (χ0v) is 15.1. The lowest BCUT2D eigenvalue weighted by Crippen LogP contribution is -2.52. The van der Waals surface area contributed by atoms with E-state index in [2.05, 4.69) is 20.1 Å². The van der Waals surface area contributed by atoms with Gasteiger partial charge in [0.25, 0.3) is 0 Å². The van der Waals surface area contributed by atoms with Crippen molar-refractivity contribution in [2.24, 2.45) is 4.99 Å². The van der Waals surface area contributed by atoms with Crippen LogP contribution in [-0.4, -0.2) is 75.7 Å². The molecule has 1 aromatic rings. The first-order chi connectivity index (χ1) is 11.4. The number of rotatable bonds is 5. The first-order valence-electron chi connectivity index (χ1n) is 8.14. The summed E-state index contributed by atoms with van der Waals surface area (Å²) in [6, 6.07) is 7.33. The molecule has 1 heterocycles. The normalized spacial score (nSPS) is 16.3. The highest BCUT2D eigenvalue weighted by Gasteiger charge is 2.21. The van der Waals surface area contributed by atoms with Crippen LogP contribution in [0.1, 0.15) is 6.92 Å². The number of piperazine rings is 1. The number of nitrogens with zero attached hydrogens (tertiary/aromatic N) is 3. The zero-order chi connectivity index (χ0) is 17.6. The highest BCUT2D eigenvalue weighted by molar-refractivity contribution is 7.90. The second-order valence-electron chi connectivity index (χ2n) is 5.83. The Morgan fingerprint density at radius 3 is 2.50 bits per heavy atom. The van der Waals surface area contributed by atoms with E-state index in [1.807, 2.05) is 25.1 Å². The molecule has 0 aliphatic carbocycles. The van der Waals surface area contributed by atoms with E-state index < -0.39 is 9.84 Å². The lowest BCUT2D eigenvalue weighted by atomic mass is 10.2. The molecule has 0 atom stereocenters. The molecule has 0 bridgehead atoms. The summed E-state index contributed by atoms with van der Waals surface area (Å²) in [6.07, 6.45) is 1.22. The number of phenolic OH excluding ortho intramolecular Hbond substituents is 1. The van der Waals surface area contributed by atoms with Gasteiger partial charge < -0.3 is 20.2 Å². The van der Waals surface area contributed by atoms with Gasteiger partial charge >= 0.3 is 0 Å². The minimum absolute atomic E-state index is 0.0553. The number of benzene rings is 1. The maximum atomic E-state index is 11.2. The molecule has 0 unspecified atom stereocenters. The minimum Gasteiger partial charge on any atom is -0.506 e. The van der Waals surface area contributed by atoms with Crippen molar-refractivity contribution in [1.29, 1.82) is 0 Å². The summed E-state index contributed by atoms with van der Waals surface area (Å²) in [6.45, 7) is 6.06. The SMILES string of the molecule is CCNC(=NCCS(C)(=O)=O)N1CCN(c2ccccc2O)CC1. The molecule has 0 aromatic heterocycles. The number of phenols is 1. The van der Waals surface area contributed by atoms with Crippen molar-refractivity contribution in [3.8, 4) is 5.75 Å². The number of hydrogen-bond acceptors (Lipinski definition) is 5. The summed E-state index contributed by atoms with van der Waals surface area (Å²) in [5, 5.41) is 13.2. The van der Waals surface area contributed by atoms with Gasteiger partial charge in [-0.1, -0.05) is 12.1 Å². The van der Waals surface area contributed by atoms with E-state index in [4.69, 9.17) is 0 Å². The molecule has 1 fully saturated rings. The molecule has 0 saturated carbocycles. The van der Waals surface area contributed by atoms with E-state index in [1.165, 1.54) is 6.26 Å². The summed E-state index contributed by atoms with van der Waals surface area (Å²) < 4.78 is 22.5. The minimum atomic E-state index is -3.00. The van der Waals surface area contributed by atoms with Crippen molar-refractivity contribution in [2.75, 3.05) is 56.2 Å². The molecular formula is C16H26N4O3S. The predicted molar refractivity (Wildman–Crippen MR) is 97.6 cm³/mol. The maximum Gasteiger partial charge on any atom is 0.194 e. The van der Waals surface area contributed by atoms with Gasteiger partial charge in [0.15, 0.2) is 5.96 Å². The molecule has 134 valence electrons. The Hall–Kier alpha value is -1.96. The molecule has 1 aromatic carbocycles. The Bertz CT molecular complexity index is 668. The summed E-state index contributed by atoms with van der Waals surface area (Å²) in [5.41, 5.74) is 0.844. The number of guanidine groups is 1. The Balaban J connectivity index is 1.97. The molecule has 0 radical (unpaired) electrons. The summed E-state index contributed by atoms with van der Waals surface area (Å²) in [7, 11) is -3.00. The van der Waals surface area contributed by atoms with Gasteiger partial charge in [0.2, 0.25) is 0 Å². The molecule has 2 rings (SSSR count). The first kappa shape index (κ1) is 18.4. The third kappa shape index (κ3) is 5.30. The van der Waals surface area contributed by atoms with Crippen LogP contribution in [-0.2, 0) is 9.84 Å². The van der Waals surface area contributed by atoms with Crippen LogP contribution in [0.2, 0.25) is 0 Å². The summed E-state index contributed by atoms with van der Waals surface area (Å²) in [4.78, 5) is 8.69. The number of hydrogen-bond donors (Lipinski definition) is 2. The Kier molecular flexibility index (Phi) is 6.30. The topological polar surface area (TPSA) is 85.2 Å². The fourth-order valence-electron chi connectivity index (χ4n) is 2.63. The van der Waals surface area contributed by atoms with E-state index in [0.29, 0.717) is 5.75 Å². The van der Waals surface area contributed by atoms with Gasteiger partial charge in [0.1, 0.15) is 15.6 Å². The van der Waals surface area contributed by atoms with Gasteiger partial charge in [-0.25, -0.2) is 8.42 Å². The predicted octanol–water partition coefficient (Wildman–Crippen LogP) is 0.524. The first-order valence-corrected chi connectivity index (χ1v) is 10.2. The van der Waals surface area contributed by atoms with Gasteiger partial charge in [-0.3, -0.25) is 4.99 Å². The van der Waals surface area contributed by atoms with Crippen molar-refractivity contribution in [3.05, 3.63) is 24.3 Å². The van der Waals surface area contributed by atoms with Crippen LogP contribution in [0.25, 0.3) is 0 Å².